The molecule has 2 rings (SSSR count). The van der Waals surface area contributed by atoms with E-state index in [0.29, 0.717) is 36.4 Å². The molecule has 0 aliphatic carbocycles. The van der Waals surface area contributed by atoms with Gasteiger partial charge in [0, 0.05) is 24.2 Å². The van der Waals surface area contributed by atoms with Gasteiger partial charge in [-0.25, -0.2) is 4.79 Å². The molecule has 1 atom stereocenters. The minimum Gasteiger partial charge on any atom is -0.507 e. The standard InChI is InChI=1S/C18H24NO5P/c1-11(8-19(10-20)6-7-25)4-5-13-16(21)15-14(9-24-18(15)22)12(2)17(13)23-3/h4,10,21H,5-9,25H2,1-3H3/b11-4+. The zero-order valence-corrected chi connectivity index (χ0v) is 15.9. The van der Waals surface area contributed by atoms with Crippen molar-refractivity contribution in [1.29, 1.82) is 0 Å². The number of phenols is 1. The summed E-state index contributed by atoms with van der Waals surface area (Å²) in [5, 5.41) is 10.6. The number of carbonyl (C=O) groups excluding carboxylic acids is 2. The van der Waals surface area contributed by atoms with E-state index >= 15 is 0 Å². The number of hydrogen-bond donors (Lipinski definition) is 1. The van der Waals surface area contributed by atoms with Crippen LogP contribution in [0.3, 0.4) is 0 Å². The van der Waals surface area contributed by atoms with Crippen LogP contribution < -0.4 is 4.74 Å². The first-order valence-electron chi connectivity index (χ1n) is 8.08. The third-order valence-corrected chi connectivity index (χ3v) is 4.58. The van der Waals surface area contributed by atoms with Gasteiger partial charge in [-0.2, -0.15) is 0 Å². The van der Waals surface area contributed by atoms with E-state index in [1.807, 2.05) is 19.9 Å². The first-order valence-corrected chi connectivity index (χ1v) is 8.89. The lowest BCUT2D eigenvalue weighted by Gasteiger charge is -2.18. The molecule has 1 aromatic carbocycles. The van der Waals surface area contributed by atoms with Gasteiger partial charge in [-0.3, -0.25) is 4.79 Å². The van der Waals surface area contributed by atoms with Gasteiger partial charge >= 0.3 is 5.97 Å². The van der Waals surface area contributed by atoms with E-state index in [1.165, 1.54) is 0 Å². The Balaban J connectivity index is 2.32. The maximum atomic E-state index is 11.9. The lowest BCUT2D eigenvalue weighted by molar-refractivity contribution is -0.117. The summed E-state index contributed by atoms with van der Waals surface area (Å²) in [5.41, 5.74) is 3.27. The Morgan fingerprint density at radius 3 is 2.80 bits per heavy atom. The monoisotopic (exact) mass is 365 g/mol. The van der Waals surface area contributed by atoms with Gasteiger partial charge in [0.2, 0.25) is 6.41 Å². The minimum absolute atomic E-state index is 0.0822. The molecular weight excluding hydrogens is 341 g/mol. The van der Waals surface area contributed by atoms with Crippen LogP contribution in [-0.2, 0) is 22.6 Å². The molecular formula is C18H24NO5P. The summed E-state index contributed by atoms with van der Waals surface area (Å²) in [6.07, 6.45) is 3.97. The van der Waals surface area contributed by atoms with Crippen molar-refractivity contribution in [2.45, 2.75) is 26.9 Å². The van der Waals surface area contributed by atoms with Crippen molar-refractivity contribution >= 4 is 21.6 Å². The van der Waals surface area contributed by atoms with E-state index in [2.05, 4.69) is 9.24 Å². The summed E-state index contributed by atoms with van der Waals surface area (Å²) >= 11 is 0. The van der Waals surface area contributed by atoms with Crippen molar-refractivity contribution in [1.82, 2.24) is 4.90 Å². The zero-order valence-electron chi connectivity index (χ0n) is 14.8. The van der Waals surface area contributed by atoms with E-state index in [4.69, 9.17) is 9.47 Å². The van der Waals surface area contributed by atoms with Gasteiger partial charge in [-0.1, -0.05) is 11.6 Å². The first-order chi connectivity index (χ1) is 11.9. The van der Waals surface area contributed by atoms with Gasteiger partial charge in [-0.15, -0.1) is 9.24 Å². The van der Waals surface area contributed by atoms with Crippen LogP contribution in [0.1, 0.15) is 34.0 Å². The topological polar surface area (TPSA) is 76.1 Å². The summed E-state index contributed by atoms with van der Waals surface area (Å²) in [5.74, 6) is -0.0233. The van der Waals surface area contributed by atoms with Gasteiger partial charge in [0.15, 0.2) is 0 Å². The highest BCUT2D eigenvalue weighted by atomic mass is 31.0. The molecule has 1 heterocycles. The van der Waals surface area contributed by atoms with Crippen molar-refractivity contribution in [2.75, 3.05) is 26.4 Å². The minimum atomic E-state index is -0.507. The average molecular weight is 365 g/mol. The molecule has 1 aromatic rings. The maximum Gasteiger partial charge on any atom is 0.342 e. The molecule has 1 N–H and O–H groups in total. The second kappa shape index (κ2) is 8.34. The molecule has 0 aromatic heterocycles. The van der Waals surface area contributed by atoms with Crippen molar-refractivity contribution < 1.29 is 24.2 Å². The predicted octanol–water partition coefficient (Wildman–Crippen LogP) is 2.20. The number of fused-ring (bicyclic) bond motifs is 1. The Kier molecular flexibility index (Phi) is 6.43. The average Bonchev–Trinajstić information content (AvgIpc) is 2.98. The highest BCUT2D eigenvalue weighted by Crippen LogP contribution is 2.41. The van der Waals surface area contributed by atoms with E-state index < -0.39 is 5.97 Å². The Hall–Kier alpha value is -2.07. The number of ether oxygens (including phenoxy) is 2. The summed E-state index contributed by atoms with van der Waals surface area (Å²) in [4.78, 5) is 24.6. The summed E-state index contributed by atoms with van der Waals surface area (Å²) < 4.78 is 10.5. The third-order valence-electron chi connectivity index (χ3n) is 4.32. The van der Waals surface area contributed by atoms with Gasteiger partial charge in [0.1, 0.15) is 23.7 Å². The molecule has 0 saturated heterocycles. The van der Waals surface area contributed by atoms with Crippen LogP contribution in [0.5, 0.6) is 11.5 Å². The summed E-state index contributed by atoms with van der Waals surface area (Å²) in [6.45, 7) is 5.12. The van der Waals surface area contributed by atoms with E-state index in [1.54, 1.807) is 12.0 Å². The first kappa shape index (κ1) is 19.3. The largest absolute Gasteiger partial charge is 0.507 e. The van der Waals surface area contributed by atoms with Crippen LogP contribution in [0.25, 0.3) is 0 Å². The van der Waals surface area contributed by atoms with Crippen LogP contribution >= 0.6 is 9.24 Å². The zero-order chi connectivity index (χ0) is 18.6. The SMILES string of the molecule is COc1c(C)c2c(c(O)c1C/C=C(\C)CN(C=O)CCP)C(=O)OC2. The third kappa shape index (κ3) is 3.96. The number of nitrogens with zero attached hydrogens (tertiary/aromatic N) is 1. The van der Waals surface area contributed by atoms with Gasteiger partial charge in [0.25, 0.3) is 0 Å². The lowest BCUT2D eigenvalue weighted by Crippen LogP contribution is -2.25. The number of carbonyl (C=O) groups is 2. The number of amides is 1. The van der Waals surface area contributed by atoms with Gasteiger partial charge in [0.05, 0.1) is 7.11 Å². The number of phenolic OH excluding ortho intramolecular Hbond substituents is 1. The number of cyclic esters (lactones) is 1. The Morgan fingerprint density at radius 1 is 1.48 bits per heavy atom. The quantitative estimate of drug-likeness (QED) is 0.331. The smallest absolute Gasteiger partial charge is 0.342 e. The highest BCUT2D eigenvalue weighted by Gasteiger charge is 2.31. The van der Waals surface area contributed by atoms with Crippen molar-refractivity contribution in [3.05, 3.63) is 33.9 Å². The fourth-order valence-electron chi connectivity index (χ4n) is 3.02. The summed E-state index contributed by atoms with van der Waals surface area (Å²) in [6, 6.07) is 0. The fourth-order valence-corrected chi connectivity index (χ4v) is 3.36. The molecule has 1 aliphatic heterocycles. The molecule has 7 heteroatoms. The molecule has 1 amide bonds. The number of methoxy groups -OCH3 is 1. The van der Waals surface area contributed by atoms with E-state index in [9.17, 15) is 14.7 Å². The van der Waals surface area contributed by atoms with Gasteiger partial charge in [-0.05, 0) is 32.0 Å². The molecule has 0 fully saturated rings. The van der Waals surface area contributed by atoms with Crippen LogP contribution in [-0.4, -0.2) is 48.7 Å². The fraction of sp³-hybridized carbons (Fsp3) is 0.444. The number of allylic oxidation sites excluding steroid dienone is 1. The van der Waals surface area contributed by atoms with E-state index in [0.717, 1.165) is 23.7 Å². The Labute approximate surface area is 150 Å². The van der Waals surface area contributed by atoms with Crippen molar-refractivity contribution in [3.8, 4) is 11.5 Å². The van der Waals surface area contributed by atoms with Crippen molar-refractivity contribution in [2.24, 2.45) is 0 Å². The highest BCUT2D eigenvalue weighted by molar-refractivity contribution is 7.16. The predicted molar refractivity (Wildman–Crippen MR) is 98.2 cm³/mol. The van der Waals surface area contributed by atoms with E-state index in [-0.39, 0.29) is 17.9 Å². The number of esters is 1. The van der Waals surface area contributed by atoms with Gasteiger partial charge < -0.3 is 19.5 Å². The second-order valence-electron chi connectivity index (χ2n) is 6.03. The van der Waals surface area contributed by atoms with Crippen LogP contribution in [0.15, 0.2) is 11.6 Å². The normalized spacial score (nSPS) is 13.4. The maximum absolute atomic E-state index is 11.9. The van der Waals surface area contributed by atoms with Crippen molar-refractivity contribution in [3.63, 3.8) is 0 Å². The molecule has 0 spiro atoms. The number of benzene rings is 1. The van der Waals surface area contributed by atoms with Crippen LogP contribution in [0.2, 0.25) is 0 Å². The number of aromatic hydroxyl groups is 1. The summed E-state index contributed by atoms with van der Waals surface area (Å²) in [7, 11) is 4.13. The Morgan fingerprint density at radius 2 is 2.20 bits per heavy atom. The number of rotatable bonds is 8. The lowest BCUT2D eigenvalue weighted by atomic mass is 9.95. The van der Waals surface area contributed by atoms with Crippen LogP contribution in [0.4, 0.5) is 0 Å². The second-order valence-corrected chi connectivity index (χ2v) is 6.61. The molecule has 1 unspecified atom stereocenters. The molecule has 25 heavy (non-hydrogen) atoms. The molecule has 0 bridgehead atoms. The molecule has 0 radical (unpaired) electrons. The number of hydrogen-bond acceptors (Lipinski definition) is 5. The molecule has 6 nitrogen and oxygen atoms in total. The van der Waals surface area contributed by atoms with Crippen LogP contribution in [0, 0.1) is 6.92 Å². The molecule has 0 saturated carbocycles. The molecule has 1 aliphatic rings. The Bertz CT molecular complexity index is 714. The molecule has 136 valence electrons.